The first-order valence-corrected chi connectivity index (χ1v) is 15.3. The van der Waals surface area contributed by atoms with Crippen LogP contribution in [0.5, 0.6) is 0 Å². The maximum Gasteiger partial charge on any atom is 0.412 e. The Morgan fingerprint density at radius 1 is 1.08 bits per heavy atom. The Labute approximate surface area is 230 Å². The molecule has 10 heteroatoms. The van der Waals surface area contributed by atoms with Crippen molar-refractivity contribution in [1.82, 2.24) is 15.1 Å². The van der Waals surface area contributed by atoms with Gasteiger partial charge in [0.1, 0.15) is 0 Å². The predicted molar refractivity (Wildman–Crippen MR) is 149 cm³/mol. The van der Waals surface area contributed by atoms with Gasteiger partial charge in [-0.1, -0.05) is 43.3 Å². The molecular weight excluding hydrogens is 527 g/mol. The van der Waals surface area contributed by atoms with Gasteiger partial charge in [-0.15, -0.1) is 0 Å². The van der Waals surface area contributed by atoms with Crippen LogP contribution in [0.4, 0.5) is 13.2 Å². The molecule has 0 radical (unpaired) electrons. The van der Waals surface area contributed by atoms with Crippen molar-refractivity contribution < 1.29 is 26.4 Å². The summed E-state index contributed by atoms with van der Waals surface area (Å²) < 4.78 is 66.0. The number of alkyl halides is 3. The molecule has 2 fully saturated rings. The Hall–Kier alpha value is -2.43. The number of allylic oxidation sites excluding steroid dienone is 2. The monoisotopic (exact) mass is 567 g/mol. The maximum atomic E-state index is 14.0. The zero-order valence-electron chi connectivity index (χ0n) is 23.1. The third kappa shape index (κ3) is 8.78. The highest BCUT2D eigenvalue weighted by Crippen LogP contribution is 2.33. The standard InChI is InChI=1S/C29H40F3N3O3S/c1-21(19-23(3)39(4,37)38)26(28(36)33-27(29(30,31)32)24-11-7-5-8-12-24)22(2)20-34-17-13-25(14-18-34)35-15-9-6-10-16-35/h5,7-8,11-12,19,25,27H,1,6,9-10,13-18,20H2,2-4H3,(H,33,36)/b23-19+,26-22-. The summed E-state index contributed by atoms with van der Waals surface area (Å²) in [5.41, 5.74) is 0.482. The fourth-order valence-corrected chi connectivity index (χ4v) is 5.74. The molecule has 0 spiro atoms. The molecule has 2 aliphatic heterocycles. The van der Waals surface area contributed by atoms with Gasteiger partial charge in [-0.25, -0.2) is 8.42 Å². The van der Waals surface area contributed by atoms with Gasteiger partial charge in [-0.2, -0.15) is 13.2 Å². The van der Waals surface area contributed by atoms with Crippen molar-refractivity contribution in [3.63, 3.8) is 0 Å². The lowest BCUT2D eigenvalue weighted by molar-refractivity contribution is -0.162. The third-order valence-corrected chi connectivity index (χ3v) is 8.89. The van der Waals surface area contributed by atoms with E-state index in [9.17, 15) is 26.4 Å². The van der Waals surface area contributed by atoms with Gasteiger partial charge < -0.3 is 10.2 Å². The molecule has 1 aromatic rings. The molecule has 1 atom stereocenters. The number of nitrogens with one attached hydrogen (secondary N) is 1. The molecule has 2 aliphatic rings. The van der Waals surface area contributed by atoms with E-state index >= 15 is 0 Å². The summed E-state index contributed by atoms with van der Waals surface area (Å²) in [4.78, 5) is 18.2. The fraction of sp³-hybridized carbons (Fsp3) is 0.552. The van der Waals surface area contributed by atoms with Crippen LogP contribution < -0.4 is 5.32 Å². The number of hydrogen-bond donors (Lipinski definition) is 1. The van der Waals surface area contributed by atoms with Gasteiger partial charge in [0, 0.05) is 29.3 Å². The van der Waals surface area contributed by atoms with Crippen LogP contribution in [-0.4, -0.2) is 75.3 Å². The van der Waals surface area contributed by atoms with Crippen LogP contribution in [0.1, 0.15) is 57.6 Å². The van der Waals surface area contributed by atoms with E-state index in [4.69, 9.17) is 0 Å². The number of piperidine rings is 2. The Bertz CT molecular complexity index is 1180. The van der Waals surface area contributed by atoms with Gasteiger partial charge in [-0.3, -0.25) is 9.69 Å². The van der Waals surface area contributed by atoms with Crippen LogP contribution in [-0.2, 0) is 14.6 Å². The number of carbonyl (C=O) groups excluding carboxylic acids is 1. The maximum absolute atomic E-state index is 14.0. The summed E-state index contributed by atoms with van der Waals surface area (Å²) in [6.45, 7) is 11.2. The summed E-state index contributed by atoms with van der Waals surface area (Å²) in [6, 6.07) is 5.49. The van der Waals surface area contributed by atoms with E-state index in [1.165, 1.54) is 56.5 Å². The van der Waals surface area contributed by atoms with Gasteiger partial charge >= 0.3 is 6.18 Å². The van der Waals surface area contributed by atoms with Gasteiger partial charge in [0.25, 0.3) is 5.91 Å². The molecule has 0 aliphatic carbocycles. The second kappa shape index (κ2) is 13.3. The molecule has 1 amide bonds. The zero-order chi connectivity index (χ0) is 28.8. The van der Waals surface area contributed by atoms with E-state index in [2.05, 4.69) is 21.7 Å². The minimum atomic E-state index is -4.73. The third-order valence-electron chi connectivity index (χ3n) is 7.60. The number of amides is 1. The van der Waals surface area contributed by atoms with Crippen molar-refractivity contribution in [3.05, 3.63) is 70.2 Å². The first kappa shape index (κ1) is 31.1. The fourth-order valence-electron chi connectivity index (χ4n) is 5.38. The second-order valence-electron chi connectivity index (χ2n) is 10.7. The summed E-state index contributed by atoms with van der Waals surface area (Å²) in [5, 5.41) is 2.15. The Kier molecular flexibility index (Phi) is 10.6. The molecule has 216 valence electrons. The first-order valence-electron chi connectivity index (χ1n) is 13.4. The molecule has 39 heavy (non-hydrogen) atoms. The molecule has 1 unspecified atom stereocenters. The van der Waals surface area contributed by atoms with Crippen molar-refractivity contribution >= 4 is 15.7 Å². The average Bonchev–Trinajstić information content (AvgIpc) is 2.87. The Morgan fingerprint density at radius 2 is 1.67 bits per heavy atom. The highest BCUT2D eigenvalue weighted by Gasteiger charge is 2.42. The lowest BCUT2D eigenvalue weighted by atomic mass is 9.96. The smallest absolute Gasteiger partial charge is 0.337 e. The second-order valence-corrected chi connectivity index (χ2v) is 12.9. The van der Waals surface area contributed by atoms with Crippen molar-refractivity contribution in [2.45, 2.75) is 64.2 Å². The largest absolute Gasteiger partial charge is 0.412 e. The lowest BCUT2D eigenvalue weighted by Gasteiger charge is -2.40. The van der Waals surface area contributed by atoms with Crippen LogP contribution in [0.15, 0.2) is 64.6 Å². The summed E-state index contributed by atoms with van der Waals surface area (Å²) in [5.74, 6) is -0.940. The van der Waals surface area contributed by atoms with Crippen molar-refractivity contribution in [3.8, 4) is 0 Å². The van der Waals surface area contributed by atoms with Crippen LogP contribution in [0, 0.1) is 0 Å². The summed E-state index contributed by atoms with van der Waals surface area (Å²) >= 11 is 0. The SMILES string of the molecule is C=C(/C=C(\C)S(C)(=O)=O)/C(C(=O)NC(c1ccccc1)C(F)(F)F)=C(\C)CN1CCC(N2CCCCC2)CC1. The number of carbonyl (C=O) groups is 1. The minimum Gasteiger partial charge on any atom is -0.337 e. The number of sulfone groups is 1. The first-order chi connectivity index (χ1) is 18.3. The number of likely N-dealkylation sites (tertiary alicyclic amines) is 2. The topological polar surface area (TPSA) is 69.7 Å². The summed E-state index contributed by atoms with van der Waals surface area (Å²) in [6.07, 6.45) is 3.27. The highest BCUT2D eigenvalue weighted by atomic mass is 32.2. The molecule has 6 nitrogen and oxygen atoms in total. The Balaban J connectivity index is 1.85. The van der Waals surface area contributed by atoms with E-state index in [-0.39, 0.29) is 21.6 Å². The predicted octanol–water partition coefficient (Wildman–Crippen LogP) is 5.18. The van der Waals surface area contributed by atoms with Crippen LogP contribution >= 0.6 is 0 Å². The van der Waals surface area contributed by atoms with E-state index in [0.717, 1.165) is 45.3 Å². The van der Waals surface area contributed by atoms with E-state index in [1.807, 2.05) is 0 Å². The molecule has 0 bridgehead atoms. The molecule has 1 N–H and O–H groups in total. The van der Waals surface area contributed by atoms with Crippen molar-refractivity contribution in [2.75, 3.05) is 39.0 Å². The lowest BCUT2D eigenvalue weighted by Crippen LogP contribution is -2.47. The van der Waals surface area contributed by atoms with Crippen molar-refractivity contribution in [2.24, 2.45) is 0 Å². The number of nitrogens with zero attached hydrogens (tertiary/aromatic N) is 2. The normalized spacial score (nSPS) is 20.3. The number of hydrogen-bond acceptors (Lipinski definition) is 5. The number of benzene rings is 1. The van der Waals surface area contributed by atoms with Gasteiger partial charge in [0.2, 0.25) is 0 Å². The van der Waals surface area contributed by atoms with Crippen LogP contribution in [0.25, 0.3) is 0 Å². The van der Waals surface area contributed by atoms with Crippen LogP contribution in [0.2, 0.25) is 0 Å². The quantitative estimate of drug-likeness (QED) is 0.329. The van der Waals surface area contributed by atoms with Gasteiger partial charge in [-0.05, 0) is 88.5 Å². The van der Waals surface area contributed by atoms with Crippen LogP contribution in [0.3, 0.4) is 0 Å². The molecule has 1 aromatic carbocycles. The molecule has 2 heterocycles. The number of rotatable bonds is 9. The Morgan fingerprint density at radius 3 is 2.21 bits per heavy atom. The van der Waals surface area contributed by atoms with E-state index < -0.39 is 28.0 Å². The minimum absolute atomic E-state index is 0.0247. The molecular formula is C29H40F3N3O3S. The molecule has 0 saturated carbocycles. The number of halogens is 3. The van der Waals surface area contributed by atoms with E-state index in [0.29, 0.717) is 18.2 Å². The van der Waals surface area contributed by atoms with E-state index in [1.54, 1.807) is 13.0 Å². The van der Waals surface area contributed by atoms with Gasteiger partial charge in [0.15, 0.2) is 15.9 Å². The highest BCUT2D eigenvalue weighted by molar-refractivity contribution is 7.94. The zero-order valence-corrected chi connectivity index (χ0v) is 23.9. The molecule has 2 saturated heterocycles. The molecule has 0 aromatic heterocycles. The average molecular weight is 568 g/mol. The van der Waals surface area contributed by atoms with Gasteiger partial charge in [0.05, 0.1) is 0 Å². The summed E-state index contributed by atoms with van der Waals surface area (Å²) in [7, 11) is -3.57. The van der Waals surface area contributed by atoms with Crippen molar-refractivity contribution in [1.29, 1.82) is 0 Å². The molecule has 3 rings (SSSR count).